The zero-order valence-corrected chi connectivity index (χ0v) is 14.3. The number of benzene rings is 3. The summed E-state index contributed by atoms with van der Waals surface area (Å²) in [5.41, 5.74) is 5.53. The fraction of sp³-hybridized carbons (Fsp3) is 0.143. The van der Waals surface area contributed by atoms with Crippen LogP contribution in [0.4, 0.5) is 11.4 Å². The predicted molar refractivity (Wildman–Crippen MR) is 106 cm³/mol. The van der Waals surface area contributed by atoms with Crippen LogP contribution in [0, 0.1) is 0 Å². The molecule has 2 N–H and O–H groups in total. The van der Waals surface area contributed by atoms with Gasteiger partial charge in [-0.15, -0.1) is 0 Å². The average Bonchev–Trinajstić information content (AvgIpc) is 2.68. The molecule has 0 saturated carbocycles. The van der Waals surface area contributed by atoms with Gasteiger partial charge >= 0.3 is 0 Å². The van der Waals surface area contributed by atoms with Gasteiger partial charge in [-0.25, -0.2) is 0 Å². The van der Waals surface area contributed by atoms with E-state index in [4.69, 9.17) is 12.7 Å². The van der Waals surface area contributed by atoms with Crippen molar-refractivity contribution in [2.24, 2.45) is 0 Å². The van der Waals surface area contributed by atoms with Crippen molar-refractivity contribution in [1.82, 2.24) is 5.23 Å². The second-order valence-corrected chi connectivity index (χ2v) is 5.81. The van der Waals surface area contributed by atoms with Crippen LogP contribution in [0.3, 0.4) is 0 Å². The van der Waals surface area contributed by atoms with E-state index in [1.807, 2.05) is 30.3 Å². The van der Waals surface area contributed by atoms with Crippen LogP contribution >= 0.6 is 0 Å². The summed E-state index contributed by atoms with van der Waals surface area (Å²) in [6.07, 6.45) is 0.914. The number of hydrogen-bond acceptors (Lipinski definition) is 3. The molecule has 3 aromatic rings. The van der Waals surface area contributed by atoms with Crippen LogP contribution in [0.5, 0.6) is 5.75 Å². The first kappa shape index (κ1) is 17.1. The second kappa shape index (κ2) is 8.40. The molecule has 0 amide bonds. The topological polar surface area (TPSA) is 33.3 Å². The van der Waals surface area contributed by atoms with E-state index < -0.39 is 0 Å². The summed E-state index contributed by atoms with van der Waals surface area (Å²) >= 11 is 0. The van der Waals surface area contributed by atoms with Crippen molar-refractivity contribution in [3.63, 3.8) is 0 Å². The number of anilines is 2. The quantitative estimate of drug-likeness (QED) is 0.634. The second-order valence-electron chi connectivity index (χ2n) is 5.81. The molecule has 4 heteroatoms. The Labute approximate surface area is 150 Å². The Bertz CT molecular complexity index is 804. The van der Waals surface area contributed by atoms with Crippen LogP contribution in [-0.4, -0.2) is 21.6 Å². The summed E-state index contributed by atoms with van der Waals surface area (Å²) in [5.74, 6) is 0.862. The van der Waals surface area contributed by atoms with Gasteiger partial charge in [0.05, 0.1) is 7.11 Å². The first-order chi connectivity index (χ1) is 12.3. The highest BCUT2D eigenvalue weighted by Crippen LogP contribution is 2.33. The standard InChI is InChI=1S/C21H21BN2O/c1-25-21-12-11-19(15-20(21)17-5-3-2-4-6-17)24-18-9-7-16(8-10-18)13-14-23-22/h2-12,15,23-24H,13-14H2,1H3. The minimum atomic E-state index is 0.770. The smallest absolute Gasteiger partial charge is 0.177 e. The molecule has 3 aromatic carbocycles. The first-order valence-electron chi connectivity index (χ1n) is 8.33. The number of ether oxygens (including phenoxy) is 1. The lowest BCUT2D eigenvalue weighted by Crippen LogP contribution is -2.12. The van der Waals surface area contributed by atoms with E-state index in [-0.39, 0.29) is 0 Å². The van der Waals surface area contributed by atoms with Gasteiger partial charge in [-0.2, -0.15) is 0 Å². The molecule has 0 aliphatic rings. The molecular weight excluding hydrogens is 307 g/mol. The molecule has 0 aliphatic heterocycles. The van der Waals surface area contributed by atoms with Gasteiger partial charge in [0.2, 0.25) is 0 Å². The maximum atomic E-state index is 5.51. The van der Waals surface area contributed by atoms with Crippen molar-refractivity contribution in [3.8, 4) is 16.9 Å². The third-order valence-electron chi connectivity index (χ3n) is 4.08. The van der Waals surface area contributed by atoms with Crippen molar-refractivity contribution >= 4 is 19.4 Å². The van der Waals surface area contributed by atoms with Crippen LogP contribution in [0.15, 0.2) is 72.8 Å². The zero-order valence-electron chi connectivity index (χ0n) is 14.3. The molecule has 0 spiro atoms. The molecule has 25 heavy (non-hydrogen) atoms. The molecule has 0 bridgehead atoms. The van der Waals surface area contributed by atoms with Gasteiger partial charge in [-0.05, 0) is 54.4 Å². The van der Waals surface area contributed by atoms with E-state index in [9.17, 15) is 0 Å². The first-order valence-corrected chi connectivity index (χ1v) is 8.33. The molecule has 3 nitrogen and oxygen atoms in total. The Morgan fingerprint density at radius 1 is 0.880 bits per heavy atom. The van der Waals surface area contributed by atoms with Crippen molar-refractivity contribution in [2.45, 2.75) is 6.42 Å². The van der Waals surface area contributed by atoms with E-state index >= 15 is 0 Å². The van der Waals surface area contributed by atoms with Crippen molar-refractivity contribution in [2.75, 3.05) is 19.0 Å². The molecule has 0 fully saturated rings. The molecule has 2 radical (unpaired) electrons. The summed E-state index contributed by atoms with van der Waals surface area (Å²) in [4.78, 5) is 0. The van der Waals surface area contributed by atoms with E-state index in [2.05, 4.69) is 53.0 Å². The Kier molecular flexibility index (Phi) is 5.75. The average molecular weight is 328 g/mol. The molecule has 0 atom stereocenters. The normalized spacial score (nSPS) is 10.4. The van der Waals surface area contributed by atoms with Crippen LogP contribution in [0.1, 0.15) is 5.56 Å². The van der Waals surface area contributed by atoms with Crippen LogP contribution in [0.2, 0.25) is 0 Å². The van der Waals surface area contributed by atoms with Gasteiger partial charge in [-0.3, -0.25) is 0 Å². The predicted octanol–water partition coefficient (Wildman–Crippen LogP) is 4.32. The molecule has 0 aliphatic carbocycles. The lowest BCUT2D eigenvalue weighted by Gasteiger charge is -2.13. The third-order valence-corrected chi connectivity index (χ3v) is 4.08. The fourth-order valence-corrected chi connectivity index (χ4v) is 2.77. The Morgan fingerprint density at radius 2 is 1.60 bits per heavy atom. The Morgan fingerprint density at radius 3 is 2.28 bits per heavy atom. The summed E-state index contributed by atoms with van der Waals surface area (Å²) in [6.45, 7) is 0.770. The largest absolute Gasteiger partial charge is 0.496 e. The summed E-state index contributed by atoms with van der Waals surface area (Å²) < 4.78 is 5.51. The SMILES string of the molecule is [B]NCCc1ccc(Nc2ccc(OC)c(-c3ccccc3)c2)cc1. The highest BCUT2D eigenvalue weighted by atomic mass is 16.5. The fourth-order valence-electron chi connectivity index (χ4n) is 2.77. The highest BCUT2D eigenvalue weighted by molar-refractivity contribution is 6.04. The molecule has 0 saturated heterocycles. The van der Waals surface area contributed by atoms with Gasteiger partial charge < -0.3 is 15.3 Å². The molecule has 124 valence electrons. The van der Waals surface area contributed by atoms with Gasteiger partial charge in [0, 0.05) is 16.9 Å². The Hall–Kier alpha value is -2.72. The summed E-state index contributed by atoms with van der Waals surface area (Å²) in [5, 5.41) is 6.13. The maximum absolute atomic E-state index is 5.51. The number of rotatable bonds is 7. The van der Waals surface area contributed by atoms with Gasteiger partial charge in [0.1, 0.15) is 5.75 Å². The maximum Gasteiger partial charge on any atom is 0.177 e. The molecule has 3 rings (SSSR count). The van der Waals surface area contributed by atoms with Crippen LogP contribution in [-0.2, 0) is 6.42 Å². The lowest BCUT2D eigenvalue weighted by atomic mass is 10.0. The number of hydrogen-bond donors (Lipinski definition) is 2. The summed E-state index contributed by atoms with van der Waals surface area (Å²) in [6, 6.07) is 24.8. The molecular formula is C21H21BN2O. The van der Waals surface area contributed by atoms with Crippen LogP contribution < -0.4 is 15.3 Å². The van der Waals surface area contributed by atoms with E-state index in [0.717, 1.165) is 41.2 Å². The number of nitrogens with one attached hydrogen (secondary N) is 2. The minimum Gasteiger partial charge on any atom is -0.496 e. The van der Waals surface area contributed by atoms with Gasteiger partial charge in [-0.1, -0.05) is 42.5 Å². The Balaban J connectivity index is 1.81. The van der Waals surface area contributed by atoms with Crippen molar-refractivity contribution in [1.29, 1.82) is 0 Å². The third kappa shape index (κ3) is 4.43. The molecule has 0 heterocycles. The van der Waals surface area contributed by atoms with Crippen LogP contribution in [0.25, 0.3) is 11.1 Å². The van der Waals surface area contributed by atoms with E-state index in [1.165, 1.54) is 5.56 Å². The van der Waals surface area contributed by atoms with Crippen molar-refractivity contribution in [3.05, 3.63) is 78.4 Å². The van der Waals surface area contributed by atoms with E-state index in [0.29, 0.717) is 0 Å². The monoisotopic (exact) mass is 328 g/mol. The van der Waals surface area contributed by atoms with Crippen molar-refractivity contribution < 1.29 is 4.74 Å². The lowest BCUT2D eigenvalue weighted by molar-refractivity contribution is 0.416. The molecule has 0 unspecified atom stereocenters. The van der Waals surface area contributed by atoms with Gasteiger partial charge in [0.25, 0.3) is 0 Å². The zero-order chi connectivity index (χ0) is 17.5. The number of methoxy groups -OCH3 is 1. The van der Waals surface area contributed by atoms with E-state index in [1.54, 1.807) is 7.11 Å². The minimum absolute atomic E-state index is 0.770. The molecule has 0 aromatic heterocycles. The van der Waals surface area contributed by atoms with Gasteiger partial charge in [0.15, 0.2) is 7.98 Å². The highest BCUT2D eigenvalue weighted by Gasteiger charge is 2.07. The summed E-state index contributed by atoms with van der Waals surface area (Å²) in [7, 11) is 7.02.